The second kappa shape index (κ2) is 7.86. The quantitative estimate of drug-likeness (QED) is 0.588. The molecule has 0 saturated carbocycles. The highest BCUT2D eigenvalue weighted by Gasteiger charge is 2.49. The molecule has 160 valence electrons. The number of ether oxygens (including phenoxy) is 1. The van der Waals surface area contributed by atoms with Gasteiger partial charge in [0.25, 0.3) is 11.8 Å². The molecule has 0 bridgehead atoms. The van der Waals surface area contributed by atoms with Crippen molar-refractivity contribution in [3.05, 3.63) is 65.7 Å². The van der Waals surface area contributed by atoms with Crippen LogP contribution < -0.4 is 10.2 Å². The summed E-state index contributed by atoms with van der Waals surface area (Å²) < 4.78 is 5.27. The highest BCUT2D eigenvalue weighted by molar-refractivity contribution is 6.09. The minimum absolute atomic E-state index is 0.343. The number of nitrogens with one attached hydrogen (secondary N) is 1. The second-order valence-electron chi connectivity index (χ2n) is 7.81. The zero-order valence-corrected chi connectivity index (χ0v) is 17.3. The number of imide groups is 1. The summed E-state index contributed by atoms with van der Waals surface area (Å²) in [5.41, 5.74) is 1.22. The number of urea groups is 1. The third-order valence-electron chi connectivity index (χ3n) is 5.72. The topological polar surface area (TPSA) is 96.0 Å². The van der Waals surface area contributed by atoms with E-state index in [4.69, 9.17) is 4.74 Å². The smallest absolute Gasteiger partial charge is 0.327 e. The third-order valence-corrected chi connectivity index (χ3v) is 5.72. The molecule has 2 aliphatic rings. The molecule has 0 unspecified atom stereocenters. The molecule has 8 nitrogen and oxygen atoms in total. The van der Waals surface area contributed by atoms with E-state index in [0.717, 1.165) is 22.6 Å². The van der Waals surface area contributed by atoms with Crippen LogP contribution in [0.5, 0.6) is 0 Å². The molecule has 0 aromatic heterocycles. The Labute approximate surface area is 179 Å². The van der Waals surface area contributed by atoms with Crippen LogP contribution in [0.3, 0.4) is 0 Å². The Kier molecular flexibility index (Phi) is 5.22. The number of para-hydroxylation sites is 1. The average molecular weight is 421 g/mol. The molecule has 2 heterocycles. The number of hydrogen-bond donors (Lipinski definition) is 1. The summed E-state index contributed by atoms with van der Waals surface area (Å²) in [6.45, 7) is 3.02. The first kappa shape index (κ1) is 20.6. The van der Waals surface area contributed by atoms with Gasteiger partial charge >= 0.3 is 12.0 Å². The summed E-state index contributed by atoms with van der Waals surface area (Å²) in [4.78, 5) is 52.9. The van der Waals surface area contributed by atoms with E-state index >= 15 is 0 Å². The van der Waals surface area contributed by atoms with Crippen molar-refractivity contribution in [1.29, 1.82) is 0 Å². The number of anilines is 1. The van der Waals surface area contributed by atoms with Crippen molar-refractivity contribution >= 4 is 29.5 Å². The van der Waals surface area contributed by atoms with Crippen LogP contribution in [0, 0.1) is 0 Å². The number of fused-ring (bicyclic) bond motifs is 1. The van der Waals surface area contributed by atoms with Crippen LogP contribution in [0.4, 0.5) is 10.5 Å². The molecule has 1 N–H and O–H groups in total. The van der Waals surface area contributed by atoms with Crippen LogP contribution in [0.25, 0.3) is 0 Å². The van der Waals surface area contributed by atoms with Crippen molar-refractivity contribution in [3.63, 3.8) is 0 Å². The van der Waals surface area contributed by atoms with Crippen LogP contribution in [-0.4, -0.2) is 47.9 Å². The molecule has 0 radical (unpaired) electrons. The largest absolute Gasteiger partial charge is 0.451 e. The predicted octanol–water partition coefficient (Wildman–Crippen LogP) is 1.97. The van der Waals surface area contributed by atoms with Gasteiger partial charge in [0.15, 0.2) is 6.10 Å². The second-order valence-corrected chi connectivity index (χ2v) is 7.81. The van der Waals surface area contributed by atoms with E-state index in [1.807, 2.05) is 24.3 Å². The summed E-state index contributed by atoms with van der Waals surface area (Å²) in [6.07, 6.45) is -0.303. The van der Waals surface area contributed by atoms with E-state index in [2.05, 4.69) is 5.32 Å². The summed E-state index contributed by atoms with van der Waals surface area (Å²) in [7, 11) is 0. The van der Waals surface area contributed by atoms with E-state index in [0.29, 0.717) is 12.1 Å². The van der Waals surface area contributed by atoms with Gasteiger partial charge < -0.3 is 15.0 Å². The lowest BCUT2D eigenvalue weighted by molar-refractivity contribution is -0.155. The van der Waals surface area contributed by atoms with E-state index in [9.17, 15) is 19.2 Å². The first-order valence-corrected chi connectivity index (χ1v) is 10.1. The number of rotatable bonds is 5. The normalized spacial score (nSPS) is 21.0. The van der Waals surface area contributed by atoms with Gasteiger partial charge in [0.05, 0.1) is 0 Å². The summed E-state index contributed by atoms with van der Waals surface area (Å²) in [6, 6.07) is 15.7. The number of esters is 1. The van der Waals surface area contributed by atoms with Gasteiger partial charge in [0, 0.05) is 12.2 Å². The first-order valence-electron chi connectivity index (χ1n) is 10.1. The van der Waals surface area contributed by atoms with Crippen LogP contribution >= 0.6 is 0 Å². The number of hydrogen-bond acceptors (Lipinski definition) is 5. The number of carbonyl (C=O) groups excluding carboxylic acids is 4. The number of carbonyl (C=O) groups is 4. The molecule has 2 aromatic rings. The molecule has 31 heavy (non-hydrogen) atoms. The number of nitrogens with zero attached hydrogens (tertiary/aromatic N) is 2. The number of amides is 4. The predicted molar refractivity (Wildman–Crippen MR) is 112 cm³/mol. The Morgan fingerprint density at radius 3 is 2.52 bits per heavy atom. The van der Waals surface area contributed by atoms with E-state index < -0.39 is 36.1 Å². The molecule has 2 atom stereocenters. The van der Waals surface area contributed by atoms with Crippen LogP contribution in [0.2, 0.25) is 0 Å². The Morgan fingerprint density at radius 1 is 1.10 bits per heavy atom. The lowest BCUT2D eigenvalue weighted by Crippen LogP contribution is -2.43. The zero-order valence-electron chi connectivity index (χ0n) is 17.3. The van der Waals surface area contributed by atoms with Crippen molar-refractivity contribution in [2.75, 3.05) is 18.0 Å². The van der Waals surface area contributed by atoms with E-state index in [1.54, 1.807) is 42.2 Å². The average Bonchev–Trinajstić information content (AvgIpc) is 3.29. The highest BCUT2D eigenvalue weighted by atomic mass is 16.5. The van der Waals surface area contributed by atoms with Gasteiger partial charge in [-0.1, -0.05) is 48.5 Å². The van der Waals surface area contributed by atoms with Crippen LogP contribution in [0.1, 0.15) is 25.0 Å². The molecular weight excluding hydrogens is 398 g/mol. The fraction of sp³-hybridized carbons (Fsp3) is 0.304. The Balaban J connectivity index is 1.40. The Morgan fingerprint density at radius 2 is 1.77 bits per heavy atom. The molecule has 2 aliphatic heterocycles. The zero-order chi connectivity index (χ0) is 22.2. The van der Waals surface area contributed by atoms with Crippen LogP contribution in [0.15, 0.2) is 54.6 Å². The third kappa shape index (κ3) is 3.65. The fourth-order valence-electron chi connectivity index (χ4n) is 4.01. The molecule has 1 saturated heterocycles. The van der Waals surface area contributed by atoms with Crippen molar-refractivity contribution in [1.82, 2.24) is 10.2 Å². The lowest BCUT2D eigenvalue weighted by atomic mass is 9.92. The SMILES string of the molecule is C[C@@H](OC(=O)CN1C(=O)N[C@@](C)(c2ccccc2)C1=O)C(=O)N1CCc2ccccc21. The summed E-state index contributed by atoms with van der Waals surface area (Å²) in [5.74, 6) is -1.72. The van der Waals surface area contributed by atoms with E-state index in [1.165, 1.54) is 6.92 Å². The minimum atomic E-state index is -1.26. The Bertz CT molecular complexity index is 1050. The number of benzene rings is 2. The highest BCUT2D eigenvalue weighted by Crippen LogP contribution is 2.29. The molecule has 0 aliphatic carbocycles. The standard InChI is InChI=1S/C23H23N3O5/c1-15(20(28)25-13-12-16-8-6-7-11-18(16)25)31-19(27)14-26-21(29)23(2,24-22(26)30)17-9-4-3-5-10-17/h3-11,15H,12-14H2,1-2H3,(H,24,30)/t15-,23+/m1/s1. The van der Waals surface area contributed by atoms with Crippen molar-refractivity contribution in [3.8, 4) is 0 Å². The maximum absolute atomic E-state index is 12.9. The van der Waals surface area contributed by atoms with Crippen molar-refractivity contribution < 1.29 is 23.9 Å². The summed E-state index contributed by atoms with van der Waals surface area (Å²) >= 11 is 0. The van der Waals surface area contributed by atoms with Gasteiger partial charge in [-0.05, 0) is 37.5 Å². The molecule has 4 rings (SSSR count). The summed E-state index contributed by atoms with van der Waals surface area (Å²) in [5, 5.41) is 2.64. The maximum atomic E-state index is 12.9. The van der Waals surface area contributed by atoms with Crippen LogP contribution in [-0.2, 0) is 31.1 Å². The molecule has 1 fully saturated rings. The van der Waals surface area contributed by atoms with Gasteiger partial charge in [-0.2, -0.15) is 0 Å². The van der Waals surface area contributed by atoms with Gasteiger partial charge in [0.1, 0.15) is 12.1 Å². The van der Waals surface area contributed by atoms with Gasteiger partial charge in [0.2, 0.25) is 0 Å². The molecule has 0 spiro atoms. The van der Waals surface area contributed by atoms with Gasteiger partial charge in [-0.25, -0.2) is 4.79 Å². The van der Waals surface area contributed by atoms with E-state index in [-0.39, 0.29) is 5.91 Å². The van der Waals surface area contributed by atoms with Crippen molar-refractivity contribution in [2.45, 2.75) is 31.9 Å². The van der Waals surface area contributed by atoms with Gasteiger partial charge in [-0.3, -0.25) is 19.3 Å². The Hall–Kier alpha value is -3.68. The molecule has 4 amide bonds. The fourth-order valence-corrected chi connectivity index (χ4v) is 4.01. The molecule has 8 heteroatoms. The first-order chi connectivity index (χ1) is 14.8. The lowest BCUT2D eigenvalue weighted by Gasteiger charge is -2.23. The van der Waals surface area contributed by atoms with Crippen molar-refractivity contribution in [2.24, 2.45) is 0 Å². The monoisotopic (exact) mass is 421 g/mol. The maximum Gasteiger partial charge on any atom is 0.327 e. The van der Waals surface area contributed by atoms with Gasteiger partial charge in [-0.15, -0.1) is 0 Å². The minimum Gasteiger partial charge on any atom is -0.451 e. The molecule has 2 aromatic carbocycles. The molecular formula is C23H23N3O5.